The third-order valence-corrected chi connectivity index (χ3v) is 3.19. The Hall–Kier alpha value is -0.870. The number of amides is 1. The van der Waals surface area contributed by atoms with Crippen LogP contribution in [0.5, 0.6) is 0 Å². The molecule has 1 aliphatic rings. The standard InChI is InChI=1S/C11H12BrNO2/c1-7(6-14)13-5-8-4-9(12)2-3-10(8)11(13)15/h2-4,7,14H,5-6H2,1H3. The van der Waals surface area contributed by atoms with Gasteiger partial charge >= 0.3 is 0 Å². The fraction of sp³-hybridized carbons (Fsp3) is 0.364. The highest BCUT2D eigenvalue weighted by Crippen LogP contribution is 2.27. The van der Waals surface area contributed by atoms with Gasteiger partial charge in [-0.25, -0.2) is 0 Å². The molecule has 1 aromatic rings. The minimum absolute atomic E-state index is 0.000891. The molecule has 1 N–H and O–H groups in total. The van der Waals surface area contributed by atoms with Crippen molar-refractivity contribution in [3.63, 3.8) is 0 Å². The van der Waals surface area contributed by atoms with E-state index in [9.17, 15) is 4.79 Å². The smallest absolute Gasteiger partial charge is 0.254 e. The minimum atomic E-state index is -0.122. The van der Waals surface area contributed by atoms with E-state index in [1.165, 1.54) is 0 Å². The average Bonchev–Trinajstić information content (AvgIpc) is 2.54. The fourth-order valence-corrected chi connectivity index (χ4v) is 2.17. The van der Waals surface area contributed by atoms with Crippen LogP contribution in [-0.4, -0.2) is 28.6 Å². The monoisotopic (exact) mass is 269 g/mol. The number of aliphatic hydroxyl groups excluding tert-OH is 1. The van der Waals surface area contributed by atoms with Crippen LogP contribution in [-0.2, 0) is 6.54 Å². The van der Waals surface area contributed by atoms with Gasteiger partial charge in [-0.05, 0) is 30.7 Å². The second-order valence-electron chi connectivity index (χ2n) is 3.77. The first-order valence-corrected chi connectivity index (χ1v) is 5.63. The summed E-state index contributed by atoms with van der Waals surface area (Å²) in [6, 6.07) is 5.52. The van der Waals surface area contributed by atoms with E-state index in [2.05, 4.69) is 15.9 Å². The molecule has 4 heteroatoms. The first-order valence-electron chi connectivity index (χ1n) is 4.83. The normalized spacial score (nSPS) is 16.7. The number of aliphatic hydroxyl groups is 1. The molecule has 1 atom stereocenters. The summed E-state index contributed by atoms with van der Waals surface area (Å²) in [6.07, 6.45) is 0. The second-order valence-corrected chi connectivity index (χ2v) is 4.68. The zero-order valence-electron chi connectivity index (χ0n) is 8.40. The van der Waals surface area contributed by atoms with Gasteiger partial charge in [0.2, 0.25) is 0 Å². The van der Waals surface area contributed by atoms with Gasteiger partial charge in [0.05, 0.1) is 12.6 Å². The van der Waals surface area contributed by atoms with Gasteiger partial charge in [-0.15, -0.1) is 0 Å². The minimum Gasteiger partial charge on any atom is -0.394 e. The first kappa shape index (κ1) is 10.6. The summed E-state index contributed by atoms with van der Waals surface area (Å²) in [5.41, 5.74) is 1.77. The molecular formula is C11H12BrNO2. The van der Waals surface area contributed by atoms with E-state index in [0.29, 0.717) is 6.54 Å². The van der Waals surface area contributed by atoms with Gasteiger partial charge in [-0.1, -0.05) is 15.9 Å². The van der Waals surface area contributed by atoms with E-state index >= 15 is 0 Å². The predicted molar refractivity (Wildman–Crippen MR) is 60.6 cm³/mol. The number of rotatable bonds is 2. The summed E-state index contributed by atoms with van der Waals surface area (Å²) in [7, 11) is 0. The summed E-state index contributed by atoms with van der Waals surface area (Å²) < 4.78 is 0.979. The largest absolute Gasteiger partial charge is 0.394 e. The molecule has 80 valence electrons. The van der Waals surface area contributed by atoms with E-state index in [-0.39, 0.29) is 18.6 Å². The Kier molecular flexibility index (Phi) is 2.80. The van der Waals surface area contributed by atoms with Gasteiger partial charge in [-0.2, -0.15) is 0 Å². The maximum absolute atomic E-state index is 11.9. The van der Waals surface area contributed by atoms with Gasteiger partial charge in [0.1, 0.15) is 0 Å². The lowest BCUT2D eigenvalue weighted by Gasteiger charge is -2.21. The number of hydrogen-bond acceptors (Lipinski definition) is 2. The van der Waals surface area contributed by atoms with E-state index in [4.69, 9.17) is 5.11 Å². The van der Waals surface area contributed by atoms with Gasteiger partial charge < -0.3 is 10.0 Å². The Labute approximate surface area is 96.8 Å². The van der Waals surface area contributed by atoms with Crippen LogP contribution in [0.4, 0.5) is 0 Å². The Bertz CT molecular complexity index is 406. The molecule has 1 heterocycles. The number of halogens is 1. The first-order chi connectivity index (χ1) is 7.13. The van der Waals surface area contributed by atoms with Gasteiger partial charge in [0.25, 0.3) is 5.91 Å². The van der Waals surface area contributed by atoms with Crippen molar-refractivity contribution in [2.75, 3.05) is 6.61 Å². The van der Waals surface area contributed by atoms with Crippen molar-refractivity contribution in [2.24, 2.45) is 0 Å². The van der Waals surface area contributed by atoms with Crippen LogP contribution in [0.25, 0.3) is 0 Å². The molecule has 0 saturated heterocycles. The molecule has 1 aliphatic heterocycles. The van der Waals surface area contributed by atoms with E-state index in [1.54, 1.807) is 4.90 Å². The Balaban J connectivity index is 2.33. The molecule has 0 spiro atoms. The molecule has 1 amide bonds. The molecule has 0 bridgehead atoms. The van der Waals surface area contributed by atoms with E-state index in [1.807, 2.05) is 25.1 Å². The van der Waals surface area contributed by atoms with Crippen LogP contribution < -0.4 is 0 Å². The zero-order valence-corrected chi connectivity index (χ0v) is 9.99. The summed E-state index contributed by atoms with van der Waals surface area (Å²) in [5.74, 6) is 0.0130. The van der Waals surface area contributed by atoms with Gasteiger partial charge in [0, 0.05) is 16.6 Å². The highest BCUT2D eigenvalue weighted by atomic mass is 79.9. The van der Waals surface area contributed by atoms with Crippen molar-refractivity contribution in [3.05, 3.63) is 33.8 Å². The molecular weight excluding hydrogens is 258 g/mol. The highest BCUT2D eigenvalue weighted by molar-refractivity contribution is 9.10. The van der Waals surface area contributed by atoms with Crippen molar-refractivity contribution in [1.82, 2.24) is 4.90 Å². The summed E-state index contributed by atoms with van der Waals surface area (Å²) >= 11 is 3.38. The van der Waals surface area contributed by atoms with Crippen LogP contribution in [0.1, 0.15) is 22.8 Å². The SMILES string of the molecule is CC(CO)N1Cc2cc(Br)ccc2C1=O. The topological polar surface area (TPSA) is 40.5 Å². The van der Waals surface area contributed by atoms with Crippen molar-refractivity contribution in [3.8, 4) is 0 Å². The predicted octanol–water partition coefficient (Wildman–Crippen LogP) is 1.79. The van der Waals surface area contributed by atoms with Crippen LogP contribution in [0.15, 0.2) is 22.7 Å². The van der Waals surface area contributed by atoms with Crippen LogP contribution in [0.2, 0.25) is 0 Å². The number of fused-ring (bicyclic) bond motifs is 1. The summed E-state index contributed by atoms with van der Waals surface area (Å²) in [6.45, 7) is 2.44. The quantitative estimate of drug-likeness (QED) is 0.890. The van der Waals surface area contributed by atoms with Gasteiger partial charge in [-0.3, -0.25) is 4.79 Å². The third-order valence-electron chi connectivity index (χ3n) is 2.70. The van der Waals surface area contributed by atoms with E-state index < -0.39 is 0 Å². The second kappa shape index (κ2) is 3.94. The highest BCUT2D eigenvalue weighted by Gasteiger charge is 2.30. The Morgan fingerprint density at radius 2 is 2.33 bits per heavy atom. The van der Waals surface area contributed by atoms with Crippen molar-refractivity contribution >= 4 is 21.8 Å². The Morgan fingerprint density at radius 3 is 3.00 bits per heavy atom. The van der Waals surface area contributed by atoms with Crippen molar-refractivity contribution < 1.29 is 9.90 Å². The number of benzene rings is 1. The lowest BCUT2D eigenvalue weighted by atomic mass is 10.1. The third kappa shape index (κ3) is 1.79. The number of carbonyl (C=O) groups is 1. The average molecular weight is 270 g/mol. The van der Waals surface area contributed by atoms with Crippen LogP contribution >= 0.6 is 15.9 Å². The molecule has 1 unspecified atom stereocenters. The molecule has 0 saturated carbocycles. The molecule has 0 aliphatic carbocycles. The fourth-order valence-electron chi connectivity index (χ4n) is 1.77. The number of nitrogens with zero attached hydrogens (tertiary/aromatic N) is 1. The van der Waals surface area contributed by atoms with Crippen LogP contribution in [0.3, 0.4) is 0 Å². The maximum atomic E-state index is 11.9. The Morgan fingerprint density at radius 1 is 1.60 bits per heavy atom. The summed E-state index contributed by atoms with van der Waals surface area (Å²) in [5, 5.41) is 9.04. The number of hydrogen-bond donors (Lipinski definition) is 1. The molecule has 0 radical (unpaired) electrons. The zero-order chi connectivity index (χ0) is 11.0. The maximum Gasteiger partial charge on any atom is 0.254 e. The molecule has 15 heavy (non-hydrogen) atoms. The van der Waals surface area contributed by atoms with Crippen LogP contribution in [0, 0.1) is 0 Å². The number of carbonyl (C=O) groups excluding carboxylic acids is 1. The lowest BCUT2D eigenvalue weighted by molar-refractivity contribution is 0.0644. The summed E-state index contributed by atoms with van der Waals surface area (Å²) in [4.78, 5) is 13.6. The van der Waals surface area contributed by atoms with E-state index in [0.717, 1.165) is 15.6 Å². The molecule has 0 aromatic heterocycles. The molecule has 0 fully saturated rings. The molecule has 1 aromatic carbocycles. The van der Waals surface area contributed by atoms with Gasteiger partial charge in [0.15, 0.2) is 0 Å². The lowest BCUT2D eigenvalue weighted by Crippen LogP contribution is -2.35. The van der Waals surface area contributed by atoms with Crippen molar-refractivity contribution in [2.45, 2.75) is 19.5 Å². The molecule has 2 rings (SSSR count). The molecule has 3 nitrogen and oxygen atoms in total. The van der Waals surface area contributed by atoms with Crippen molar-refractivity contribution in [1.29, 1.82) is 0 Å².